The van der Waals surface area contributed by atoms with Crippen LogP contribution in [0.4, 0.5) is 0 Å². The van der Waals surface area contributed by atoms with Crippen molar-refractivity contribution in [1.29, 1.82) is 0 Å². The molecule has 1 amide bonds. The Labute approximate surface area is 99.9 Å². The fraction of sp³-hybridized carbons (Fsp3) is 0.727. The van der Waals surface area contributed by atoms with Crippen LogP contribution in [0.5, 0.6) is 0 Å². The first-order valence-corrected chi connectivity index (χ1v) is 5.58. The van der Waals surface area contributed by atoms with Crippen molar-refractivity contribution in [1.82, 2.24) is 4.90 Å². The van der Waals surface area contributed by atoms with Gasteiger partial charge in [-0.3, -0.25) is 14.4 Å². The van der Waals surface area contributed by atoms with Crippen LogP contribution in [0, 0.1) is 5.92 Å². The van der Waals surface area contributed by atoms with Crippen molar-refractivity contribution in [3.05, 3.63) is 0 Å². The molecule has 0 aromatic carbocycles. The number of hydrogen-bond donors (Lipinski definition) is 0. The van der Waals surface area contributed by atoms with E-state index < -0.39 is 17.8 Å². The Hall–Kier alpha value is -1.43. The Morgan fingerprint density at radius 1 is 1.47 bits per heavy atom. The first-order valence-electron chi connectivity index (χ1n) is 5.58. The van der Waals surface area contributed by atoms with E-state index in [-0.39, 0.29) is 18.8 Å². The zero-order chi connectivity index (χ0) is 12.8. The highest BCUT2D eigenvalue weighted by atomic mass is 16.5. The van der Waals surface area contributed by atoms with Crippen molar-refractivity contribution in [2.45, 2.75) is 13.3 Å². The molecule has 1 fully saturated rings. The van der Waals surface area contributed by atoms with Crippen LogP contribution in [0.3, 0.4) is 0 Å². The molecular weight excluding hydrogens is 226 g/mol. The average molecular weight is 243 g/mol. The van der Waals surface area contributed by atoms with E-state index in [2.05, 4.69) is 0 Å². The van der Waals surface area contributed by atoms with Crippen molar-refractivity contribution in [2.24, 2.45) is 5.92 Å². The lowest BCUT2D eigenvalue weighted by Gasteiger charge is -2.29. The van der Waals surface area contributed by atoms with Crippen LogP contribution in [0.25, 0.3) is 0 Å². The van der Waals surface area contributed by atoms with Crippen LogP contribution in [0.15, 0.2) is 0 Å². The molecule has 1 unspecified atom stereocenters. The Morgan fingerprint density at radius 3 is 2.76 bits per heavy atom. The molecule has 1 aliphatic heterocycles. The van der Waals surface area contributed by atoms with Gasteiger partial charge >= 0.3 is 5.97 Å². The standard InChI is InChI=1S/C11H17NO5/c1-3-17-11(15)9-8(13)4-5-12(10(9)14)6-7-16-2/h9H,3-7H2,1-2H3. The second kappa shape index (κ2) is 6.34. The molecule has 0 aromatic rings. The molecule has 0 saturated carbocycles. The number of hydrogen-bond acceptors (Lipinski definition) is 5. The minimum atomic E-state index is -1.28. The summed E-state index contributed by atoms with van der Waals surface area (Å²) in [6.07, 6.45) is 0.193. The van der Waals surface area contributed by atoms with Gasteiger partial charge in [0.15, 0.2) is 11.7 Å². The molecule has 6 heteroatoms. The van der Waals surface area contributed by atoms with Gasteiger partial charge in [-0.2, -0.15) is 0 Å². The van der Waals surface area contributed by atoms with E-state index in [1.807, 2.05) is 0 Å². The van der Waals surface area contributed by atoms with Crippen molar-refractivity contribution >= 4 is 17.7 Å². The number of ether oxygens (including phenoxy) is 2. The largest absolute Gasteiger partial charge is 0.465 e. The lowest BCUT2D eigenvalue weighted by atomic mass is 9.95. The fourth-order valence-electron chi connectivity index (χ4n) is 1.70. The number of nitrogens with zero attached hydrogens (tertiary/aromatic N) is 1. The van der Waals surface area contributed by atoms with E-state index in [0.29, 0.717) is 19.7 Å². The quantitative estimate of drug-likeness (QED) is 0.486. The van der Waals surface area contributed by atoms with Crippen LogP contribution in [0.1, 0.15) is 13.3 Å². The molecule has 1 atom stereocenters. The molecule has 0 spiro atoms. The molecule has 1 aliphatic rings. The number of carbonyl (C=O) groups is 3. The maximum Gasteiger partial charge on any atom is 0.326 e. The lowest BCUT2D eigenvalue weighted by Crippen LogP contribution is -2.50. The summed E-state index contributed by atoms with van der Waals surface area (Å²) in [7, 11) is 1.53. The number of piperidine rings is 1. The number of methoxy groups -OCH3 is 1. The molecule has 1 heterocycles. The summed E-state index contributed by atoms with van der Waals surface area (Å²) >= 11 is 0. The van der Waals surface area contributed by atoms with Gasteiger partial charge in [0.2, 0.25) is 5.91 Å². The Balaban J connectivity index is 2.69. The van der Waals surface area contributed by atoms with Crippen LogP contribution in [-0.4, -0.2) is 56.0 Å². The summed E-state index contributed by atoms with van der Waals surface area (Å²) < 4.78 is 9.60. The van der Waals surface area contributed by atoms with Gasteiger partial charge in [0.25, 0.3) is 0 Å². The smallest absolute Gasteiger partial charge is 0.326 e. The normalized spacial score (nSPS) is 20.6. The summed E-state index contributed by atoms with van der Waals surface area (Å²) in [5, 5.41) is 0. The number of carbonyl (C=O) groups excluding carboxylic acids is 3. The number of Topliss-reactive ketones (excluding diaryl/α,β-unsaturated/α-hetero) is 1. The topological polar surface area (TPSA) is 72.9 Å². The van der Waals surface area contributed by atoms with E-state index in [0.717, 1.165) is 0 Å². The van der Waals surface area contributed by atoms with E-state index >= 15 is 0 Å². The Kier molecular flexibility index (Phi) is 5.09. The van der Waals surface area contributed by atoms with Gasteiger partial charge in [-0.15, -0.1) is 0 Å². The molecule has 1 saturated heterocycles. The summed E-state index contributed by atoms with van der Waals surface area (Å²) in [4.78, 5) is 36.4. The SMILES string of the molecule is CCOC(=O)C1C(=O)CCN(CCOC)C1=O. The predicted molar refractivity (Wildman–Crippen MR) is 58.2 cm³/mol. The Bertz CT molecular complexity index is 315. The van der Waals surface area contributed by atoms with Crippen LogP contribution in [0.2, 0.25) is 0 Å². The van der Waals surface area contributed by atoms with E-state index in [1.54, 1.807) is 6.92 Å². The Morgan fingerprint density at radius 2 is 2.18 bits per heavy atom. The summed E-state index contributed by atoms with van der Waals surface area (Å²) in [5.74, 6) is -2.86. The molecule has 17 heavy (non-hydrogen) atoms. The highest BCUT2D eigenvalue weighted by molar-refractivity contribution is 6.17. The monoisotopic (exact) mass is 243 g/mol. The third kappa shape index (κ3) is 3.26. The molecule has 0 aromatic heterocycles. The number of likely N-dealkylation sites (tertiary alicyclic amines) is 1. The maximum atomic E-state index is 11.9. The highest BCUT2D eigenvalue weighted by Gasteiger charge is 2.41. The van der Waals surface area contributed by atoms with Crippen molar-refractivity contribution in [3.8, 4) is 0 Å². The second-order valence-electron chi connectivity index (χ2n) is 3.72. The van der Waals surface area contributed by atoms with Gasteiger partial charge in [0.1, 0.15) is 0 Å². The fourth-order valence-corrected chi connectivity index (χ4v) is 1.70. The van der Waals surface area contributed by atoms with Gasteiger partial charge in [-0.05, 0) is 6.92 Å². The summed E-state index contributed by atoms with van der Waals surface area (Å²) in [6.45, 7) is 2.91. The zero-order valence-corrected chi connectivity index (χ0v) is 10.1. The molecule has 1 rings (SSSR count). The molecular formula is C11H17NO5. The second-order valence-corrected chi connectivity index (χ2v) is 3.72. The lowest BCUT2D eigenvalue weighted by molar-refractivity contribution is -0.161. The minimum Gasteiger partial charge on any atom is -0.465 e. The molecule has 0 aliphatic carbocycles. The first kappa shape index (κ1) is 13.6. The predicted octanol–water partition coefficient (Wildman–Crippen LogP) is -0.386. The molecule has 6 nitrogen and oxygen atoms in total. The number of amides is 1. The van der Waals surface area contributed by atoms with Crippen LogP contribution < -0.4 is 0 Å². The zero-order valence-electron chi connectivity index (χ0n) is 10.1. The third-order valence-electron chi connectivity index (χ3n) is 2.60. The first-order chi connectivity index (χ1) is 8.11. The number of esters is 1. The minimum absolute atomic E-state index is 0.161. The third-order valence-corrected chi connectivity index (χ3v) is 2.60. The maximum absolute atomic E-state index is 11.9. The van der Waals surface area contributed by atoms with Gasteiger partial charge in [-0.25, -0.2) is 0 Å². The summed E-state index contributed by atoms with van der Waals surface area (Å²) in [6, 6.07) is 0. The van der Waals surface area contributed by atoms with Crippen LogP contribution in [-0.2, 0) is 23.9 Å². The molecule has 96 valence electrons. The molecule has 0 N–H and O–H groups in total. The number of ketones is 1. The van der Waals surface area contributed by atoms with Crippen LogP contribution >= 0.6 is 0 Å². The van der Waals surface area contributed by atoms with Crippen molar-refractivity contribution < 1.29 is 23.9 Å². The highest BCUT2D eigenvalue weighted by Crippen LogP contribution is 2.16. The molecule has 0 radical (unpaired) electrons. The van der Waals surface area contributed by atoms with Crippen molar-refractivity contribution in [2.75, 3.05) is 33.4 Å². The van der Waals surface area contributed by atoms with Gasteiger partial charge < -0.3 is 14.4 Å². The summed E-state index contributed by atoms with van der Waals surface area (Å²) in [5.41, 5.74) is 0. The molecule has 0 bridgehead atoms. The van der Waals surface area contributed by atoms with Gasteiger partial charge in [0, 0.05) is 26.6 Å². The van der Waals surface area contributed by atoms with E-state index in [4.69, 9.17) is 9.47 Å². The van der Waals surface area contributed by atoms with E-state index in [1.165, 1.54) is 12.0 Å². The van der Waals surface area contributed by atoms with Gasteiger partial charge in [-0.1, -0.05) is 0 Å². The average Bonchev–Trinajstić information content (AvgIpc) is 2.28. The van der Waals surface area contributed by atoms with E-state index in [9.17, 15) is 14.4 Å². The van der Waals surface area contributed by atoms with Crippen molar-refractivity contribution in [3.63, 3.8) is 0 Å². The van der Waals surface area contributed by atoms with Gasteiger partial charge in [0.05, 0.1) is 13.2 Å². The number of rotatable bonds is 5.